The Morgan fingerprint density at radius 3 is 2.57 bits per heavy atom. The van der Waals surface area contributed by atoms with E-state index in [1.165, 1.54) is 6.07 Å². The fraction of sp³-hybridized carbons (Fsp3) is 0.375. The number of carbonyl (C=O) groups is 1. The maximum Gasteiger partial charge on any atom is 0.347 e. The van der Waals surface area contributed by atoms with Crippen molar-refractivity contribution in [3.05, 3.63) is 51.2 Å². The van der Waals surface area contributed by atoms with Gasteiger partial charge in [0.25, 0.3) is 0 Å². The highest BCUT2D eigenvalue weighted by Gasteiger charge is 2.22. The fourth-order valence-electron chi connectivity index (χ4n) is 2.36. The lowest BCUT2D eigenvalue weighted by Gasteiger charge is -2.09. The zero-order valence-corrected chi connectivity index (χ0v) is 12.9. The van der Waals surface area contributed by atoms with Gasteiger partial charge in [-0.25, -0.2) is 14.2 Å². The molecule has 0 bridgehead atoms. The van der Waals surface area contributed by atoms with Crippen molar-refractivity contribution in [2.75, 3.05) is 0 Å². The van der Waals surface area contributed by atoms with E-state index in [1.54, 1.807) is 18.2 Å². The average molecular weight is 307 g/mol. The molecule has 0 radical (unpaired) electrons. The molecule has 0 amide bonds. The van der Waals surface area contributed by atoms with Crippen LogP contribution in [0.2, 0.25) is 0 Å². The number of hydrogen-bond acceptors (Lipinski definition) is 3. The molecule has 112 valence electrons. The summed E-state index contributed by atoms with van der Waals surface area (Å²) in [6, 6.07) is 6.52. The highest BCUT2D eigenvalue weighted by molar-refractivity contribution is 7.13. The van der Waals surface area contributed by atoms with E-state index in [9.17, 15) is 14.3 Å². The summed E-state index contributed by atoms with van der Waals surface area (Å²) >= 11 is 1.15. The van der Waals surface area contributed by atoms with Gasteiger partial charge in [-0.15, -0.1) is 11.3 Å². The van der Waals surface area contributed by atoms with E-state index in [4.69, 9.17) is 0 Å². The number of carboxylic acids is 1. The maximum absolute atomic E-state index is 13.7. The molecule has 1 aromatic heterocycles. The molecule has 0 atom stereocenters. The smallest absolute Gasteiger partial charge is 0.347 e. The van der Waals surface area contributed by atoms with Crippen molar-refractivity contribution in [2.24, 2.45) is 0 Å². The normalized spacial score (nSPS) is 11.0. The third-order valence-electron chi connectivity index (χ3n) is 3.56. The summed E-state index contributed by atoms with van der Waals surface area (Å²) < 4.78 is 13.7. The van der Waals surface area contributed by atoms with Crippen LogP contribution < -0.4 is 0 Å². The van der Waals surface area contributed by atoms with Crippen molar-refractivity contribution < 1.29 is 14.3 Å². The van der Waals surface area contributed by atoms with E-state index in [0.29, 0.717) is 22.7 Å². The number of nitrogens with zero attached hydrogens (tertiary/aromatic N) is 1. The monoisotopic (exact) mass is 307 g/mol. The first-order valence-corrected chi connectivity index (χ1v) is 7.84. The van der Waals surface area contributed by atoms with E-state index < -0.39 is 5.97 Å². The Morgan fingerprint density at radius 2 is 2.00 bits per heavy atom. The molecule has 0 saturated carbocycles. The molecular weight excluding hydrogens is 289 g/mol. The van der Waals surface area contributed by atoms with Gasteiger partial charge in [-0.05, 0) is 24.5 Å². The molecule has 1 heterocycles. The van der Waals surface area contributed by atoms with Gasteiger partial charge in [0.15, 0.2) is 0 Å². The number of benzene rings is 1. The third kappa shape index (κ3) is 3.47. The molecule has 1 aromatic carbocycles. The van der Waals surface area contributed by atoms with E-state index in [2.05, 4.69) is 4.98 Å². The van der Waals surface area contributed by atoms with Gasteiger partial charge >= 0.3 is 5.97 Å². The third-order valence-corrected chi connectivity index (χ3v) is 4.62. The minimum atomic E-state index is -0.950. The van der Waals surface area contributed by atoms with Crippen LogP contribution in [0, 0.1) is 5.82 Å². The zero-order valence-electron chi connectivity index (χ0n) is 12.1. The van der Waals surface area contributed by atoms with E-state index >= 15 is 0 Å². The number of halogens is 1. The van der Waals surface area contributed by atoms with Crippen molar-refractivity contribution in [3.8, 4) is 0 Å². The molecule has 0 aliphatic rings. The Hall–Kier alpha value is -1.75. The van der Waals surface area contributed by atoms with Gasteiger partial charge in [-0.1, -0.05) is 32.0 Å². The highest BCUT2D eigenvalue weighted by atomic mass is 32.1. The van der Waals surface area contributed by atoms with Gasteiger partial charge in [-0.3, -0.25) is 0 Å². The molecule has 21 heavy (non-hydrogen) atoms. The Balaban J connectivity index is 2.36. The average Bonchev–Trinajstić information content (AvgIpc) is 2.87. The summed E-state index contributed by atoms with van der Waals surface area (Å²) in [6.07, 6.45) is 2.02. The Kier molecular flexibility index (Phi) is 5.07. The summed E-state index contributed by atoms with van der Waals surface area (Å²) in [5.41, 5.74) is 1.18. The largest absolute Gasteiger partial charge is 0.477 e. The molecule has 0 unspecified atom stereocenters. The lowest BCUT2D eigenvalue weighted by Crippen LogP contribution is -2.04. The second-order valence-corrected chi connectivity index (χ2v) is 5.99. The Bertz CT molecular complexity index is 635. The number of rotatable bonds is 6. The predicted octanol–water partition coefficient (Wildman–Crippen LogP) is 4.47. The van der Waals surface area contributed by atoms with Crippen LogP contribution in [-0.4, -0.2) is 16.1 Å². The molecule has 2 aromatic rings. The first-order valence-electron chi connectivity index (χ1n) is 7.03. The number of aromatic carboxylic acids is 1. The van der Waals surface area contributed by atoms with Crippen LogP contribution in [0.1, 0.15) is 58.5 Å². The van der Waals surface area contributed by atoms with Crippen LogP contribution in [0.15, 0.2) is 24.3 Å². The van der Waals surface area contributed by atoms with Crippen molar-refractivity contribution >= 4 is 17.3 Å². The van der Waals surface area contributed by atoms with Crippen molar-refractivity contribution in [2.45, 2.75) is 39.0 Å². The molecule has 0 aliphatic heterocycles. The quantitative estimate of drug-likeness (QED) is 0.856. The van der Waals surface area contributed by atoms with Crippen LogP contribution in [-0.2, 0) is 6.42 Å². The minimum absolute atomic E-state index is 0.140. The lowest BCUT2D eigenvalue weighted by molar-refractivity contribution is 0.0700. The van der Waals surface area contributed by atoms with E-state index in [1.807, 2.05) is 13.8 Å². The van der Waals surface area contributed by atoms with Crippen molar-refractivity contribution in [3.63, 3.8) is 0 Å². The SMILES string of the molecule is CCC(CC)c1nc(Cc2ccccc2F)sc1C(=O)O. The summed E-state index contributed by atoms with van der Waals surface area (Å²) in [4.78, 5) is 16.2. The van der Waals surface area contributed by atoms with Gasteiger partial charge < -0.3 is 5.11 Å². The molecule has 5 heteroatoms. The Morgan fingerprint density at radius 1 is 1.33 bits per heavy atom. The van der Waals surface area contributed by atoms with Gasteiger partial charge in [0.05, 0.1) is 10.7 Å². The summed E-state index contributed by atoms with van der Waals surface area (Å²) in [5.74, 6) is -1.09. The van der Waals surface area contributed by atoms with Crippen LogP contribution >= 0.6 is 11.3 Å². The van der Waals surface area contributed by atoms with Gasteiger partial charge in [0.1, 0.15) is 10.7 Å². The fourth-order valence-corrected chi connectivity index (χ4v) is 3.38. The topological polar surface area (TPSA) is 50.2 Å². The predicted molar refractivity (Wildman–Crippen MR) is 81.6 cm³/mol. The van der Waals surface area contributed by atoms with Gasteiger partial charge in [-0.2, -0.15) is 0 Å². The number of thiazole rings is 1. The van der Waals surface area contributed by atoms with Crippen molar-refractivity contribution in [1.29, 1.82) is 0 Å². The van der Waals surface area contributed by atoms with Crippen molar-refractivity contribution in [1.82, 2.24) is 4.98 Å². The van der Waals surface area contributed by atoms with Crippen LogP contribution in [0.4, 0.5) is 4.39 Å². The zero-order chi connectivity index (χ0) is 15.4. The molecule has 1 N–H and O–H groups in total. The number of aromatic nitrogens is 1. The number of hydrogen-bond donors (Lipinski definition) is 1. The van der Waals surface area contributed by atoms with Crippen LogP contribution in [0.25, 0.3) is 0 Å². The first-order chi connectivity index (χ1) is 10.1. The first kappa shape index (κ1) is 15.6. The molecule has 0 saturated heterocycles. The summed E-state index contributed by atoms with van der Waals surface area (Å²) in [5, 5.41) is 9.99. The van der Waals surface area contributed by atoms with Crippen LogP contribution in [0.3, 0.4) is 0 Å². The summed E-state index contributed by atoms with van der Waals surface area (Å²) in [7, 11) is 0. The molecule has 0 aliphatic carbocycles. The molecule has 0 spiro atoms. The second-order valence-electron chi connectivity index (χ2n) is 4.91. The standard InChI is InChI=1S/C16H18FNO2S/c1-3-10(4-2)14-15(16(19)20)21-13(18-14)9-11-7-5-6-8-12(11)17/h5-8,10H,3-4,9H2,1-2H3,(H,19,20). The molecule has 2 rings (SSSR count). The van der Waals surface area contributed by atoms with E-state index in [-0.39, 0.29) is 16.6 Å². The van der Waals surface area contributed by atoms with Gasteiger partial charge in [0.2, 0.25) is 0 Å². The molecule has 3 nitrogen and oxygen atoms in total. The highest BCUT2D eigenvalue weighted by Crippen LogP contribution is 2.31. The van der Waals surface area contributed by atoms with Crippen LogP contribution in [0.5, 0.6) is 0 Å². The molecule has 0 fully saturated rings. The minimum Gasteiger partial charge on any atom is -0.477 e. The van der Waals surface area contributed by atoms with E-state index in [0.717, 1.165) is 24.2 Å². The molecular formula is C16H18FNO2S. The summed E-state index contributed by atoms with van der Waals surface area (Å²) in [6.45, 7) is 4.05. The Labute approximate surface area is 127 Å². The second kappa shape index (κ2) is 6.80. The number of carboxylic acid groups (broad SMARTS) is 1. The maximum atomic E-state index is 13.7. The van der Waals surface area contributed by atoms with Gasteiger partial charge in [0, 0.05) is 12.3 Å². The lowest BCUT2D eigenvalue weighted by atomic mass is 9.98.